The van der Waals surface area contributed by atoms with Gasteiger partial charge < -0.3 is 4.74 Å². The van der Waals surface area contributed by atoms with Gasteiger partial charge in [0.15, 0.2) is 0 Å². The number of ether oxygens (including phenoxy) is 1. The van der Waals surface area contributed by atoms with E-state index in [1.165, 1.54) is 38.5 Å². The van der Waals surface area contributed by atoms with Crippen molar-refractivity contribution >= 4 is 15.9 Å². The molecule has 0 aromatic carbocycles. The summed E-state index contributed by atoms with van der Waals surface area (Å²) in [6.45, 7) is 0. The fraction of sp³-hybridized carbons (Fsp3) is 0.933. The average Bonchev–Trinajstić information content (AvgIpc) is 2.89. The summed E-state index contributed by atoms with van der Waals surface area (Å²) in [5, 5.41) is -0.370. The normalized spacial score (nSPS) is 45.6. The first kappa shape index (κ1) is 13.1. The Kier molecular flexibility index (Phi) is 2.92. The van der Waals surface area contributed by atoms with Crippen molar-refractivity contribution in [3.8, 4) is 0 Å². The van der Waals surface area contributed by atoms with E-state index in [0.29, 0.717) is 5.90 Å². The van der Waals surface area contributed by atoms with E-state index in [9.17, 15) is 8.42 Å². The minimum absolute atomic E-state index is 0.121. The van der Waals surface area contributed by atoms with Crippen LogP contribution in [-0.2, 0) is 14.8 Å². The summed E-state index contributed by atoms with van der Waals surface area (Å²) in [4.78, 5) is 0. The van der Waals surface area contributed by atoms with Crippen LogP contribution in [0.5, 0.6) is 0 Å². The van der Waals surface area contributed by atoms with E-state index in [2.05, 4.69) is 4.40 Å². The summed E-state index contributed by atoms with van der Waals surface area (Å²) in [6, 6.07) is 0. The van der Waals surface area contributed by atoms with Gasteiger partial charge >= 0.3 is 0 Å². The van der Waals surface area contributed by atoms with Gasteiger partial charge in [0.05, 0.1) is 0 Å². The zero-order valence-electron chi connectivity index (χ0n) is 11.9. The van der Waals surface area contributed by atoms with Gasteiger partial charge in [0, 0.05) is 6.42 Å². The molecule has 0 radical (unpaired) electrons. The van der Waals surface area contributed by atoms with Crippen LogP contribution in [0.1, 0.15) is 64.2 Å². The van der Waals surface area contributed by atoms with Gasteiger partial charge in [-0.2, -0.15) is 0 Å². The summed E-state index contributed by atoms with van der Waals surface area (Å²) >= 11 is 0. The maximum absolute atomic E-state index is 12.3. The summed E-state index contributed by atoms with van der Waals surface area (Å²) < 4.78 is 34.5. The number of sulfonamides is 1. The lowest BCUT2D eigenvalue weighted by molar-refractivity contribution is 0.0616. The van der Waals surface area contributed by atoms with E-state index in [1.54, 1.807) is 0 Å². The molecule has 20 heavy (non-hydrogen) atoms. The summed E-state index contributed by atoms with van der Waals surface area (Å²) in [6.07, 6.45) is 10.8. The van der Waals surface area contributed by atoms with E-state index in [-0.39, 0.29) is 16.8 Å². The number of rotatable bonds is 2. The third kappa shape index (κ3) is 2.09. The number of nitrogens with zero attached hydrogens (tertiary/aromatic N) is 1. The highest BCUT2D eigenvalue weighted by molar-refractivity contribution is 7.91. The molecule has 1 heterocycles. The van der Waals surface area contributed by atoms with Crippen molar-refractivity contribution in [2.24, 2.45) is 15.7 Å². The number of hydrogen-bond acceptors (Lipinski definition) is 3. The fourth-order valence-electron chi connectivity index (χ4n) is 4.77. The molecule has 4 nitrogen and oxygen atoms in total. The minimum atomic E-state index is -3.32. The lowest BCUT2D eigenvalue weighted by Gasteiger charge is -2.47. The topological polar surface area (TPSA) is 55.7 Å². The summed E-state index contributed by atoms with van der Waals surface area (Å²) in [5.74, 6) is 1.45. The molecule has 0 saturated heterocycles. The lowest BCUT2D eigenvalue weighted by atomic mass is 9.59. The van der Waals surface area contributed by atoms with Gasteiger partial charge in [-0.3, -0.25) is 0 Å². The quantitative estimate of drug-likeness (QED) is 0.787. The molecule has 2 atom stereocenters. The highest BCUT2D eigenvalue weighted by Gasteiger charge is 2.46. The monoisotopic (exact) mass is 297 g/mol. The molecule has 0 N–H and O–H groups in total. The maximum atomic E-state index is 12.3. The first-order chi connectivity index (χ1) is 9.56. The predicted octanol–water partition coefficient (Wildman–Crippen LogP) is 3.03. The zero-order valence-corrected chi connectivity index (χ0v) is 12.7. The second-order valence-electron chi connectivity index (χ2n) is 7.28. The van der Waals surface area contributed by atoms with Crippen molar-refractivity contribution in [3.05, 3.63) is 0 Å². The highest BCUT2D eigenvalue weighted by Crippen LogP contribution is 2.52. The van der Waals surface area contributed by atoms with Crippen LogP contribution in [0, 0.1) is 11.3 Å². The first-order valence-corrected chi connectivity index (χ1v) is 9.56. The zero-order chi connectivity index (χ0) is 13.8. The Hall–Kier alpha value is -0.580. The second kappa shape index (κ2) is 4.46. The molecule has 0 spiro atoms. The number of fused-ring (bicyclic) bond motifs is 4. The molecule has 5 rings (SSSR count). The maximum Gasteiger partial charge on any atom is 0.262 e. The van der Waals surface area contributed by atoms with Crippen LogP contribution in [0.15, 0.2) is 4.40 Å². The standard InChI is InChI=1S/C15H23NO3S/c17-20(18)13-3-1-2-12(13)19-14(16-20)10-15-7-4-11(5-8-15)6-9-15/h11-13H,1-10H2. The molecule has 1 aliphatic heterocycles. The molecule has 112 valence electrons. The molecule has 0 amide bonds. The van der Waals surface area contributed by atoms with Crippen molar-refractivity contribution in [2.75, 3.05) is 0 Å². The van der Waals surface area contributed by atoms with Gasteiger partial charge in [-0.25, -0.2) is 8.42 Å². The molecule has 4 aliphatic carbocycles. The van der Waals surface area contributed by atoms with Crippen molar-refractivity contribution < 1.29 is 13.2 Å². The first-order valence-electron chi connectivity index (χ1n) is 8.06. The van der Waals surface area contributed by atoms with E-state index in [0.717, 1.165) is 31.6 Å². The summed E-state index contributed by atoms with van der Waals surface area (Å²) in [5.41, 5.74) is 0.286. The molecule has 0 aromatic heterocycles. The largest absolute Gasteiger partial charge is 0.475 e. The van der Waals surface area contributed by atoms with Crippen molar-refractivity contribution in [2.45, 2.75) is 75.6 Å². The van der Waals surface area contributed by atoms with E-state index < -0.39 is 10.0 Å². The Morgan fingerprint density at radius 2 is 1.80 bits per heavy atom. The van der Waals surface area contributed by atoms with Gasteiger partial charge in [0.25, 0.3) is 10.0 Å². The molecular formula is C15H23NO3S. The van der Waals surface area contributed by atoms with Crippen LogP contribution < -0.4 is 0 Å². The van der Waals surface area contributed by atoms with Crippen molar-refractivity contribution in [3.63, 3.8) is 0 Å². The fourth-order valence-corrected chi connectivity index (χ4v) is 6.34. The third-order valence-corrected chi connectivity index (χ3v) is 7.83. The van der Waals surface area contributed by atoms with Crippen LogP contribution in [-0.4, -0.2) is 25.7 Å². The SMILES string of the molecule is O=S1(=O)N=C(CC23CCC(CC2)CC3)OC2CCCC21. The Bertz CT molecular complexity index is 518. The molecule has 4 saturated carbocycles. The van der Waals surface area contributed by atoms with Crippen LogP contribution in [0.2, 0.25) is 0 Å². The minimum Gasteiger partial charge on any atom is -0.475 e. The highest BCUT2D eigenvalue weighted by atomic mass is 32.2. The second-order valence-corrected chi connectivity index (χ2v) is 9.10. The van der Waals surface area contributed by atoms with Crippen LogP contribution >= 0.6 is 0 Å². The van der Waals surface area contributed by atoms with Gasteiger partial charge in [-0.1, -0.05) is 0 Å². The molecule has 5 aliphatic rings. The molecular weight excluding hydrogens is 274 g/mol. The molecule has 5 heteroatoms. The lowest BCUT2D eigenvalue weighted by Crippen LogP contribution is -2.41. The predicted molar refractivity (Wildman–Crippen MR) is 77.1 cm³/mol. The van der Waals surface area contributed by atoms with Gasteiger partial charge in [-0.15, -0.1) is 4.40 Å². The van der Waals surface area contributed by atoms with E-state index in [4.69, 9.17) is 4.74 Å². The van der Waals surface area contributed by atoms with Gasteiger partial charge in [0.2, 0.25) is 5.90 Å². The third-order valence-electron chi connectivity index (χ3n) is 6.07. The van der Waals surface area contributed by atoms with Crippen LogP contribution in [0.3, 0.4) is 0 Å². The Balaban J connectivity index is 1.57. The van der Waals surface area contributed by atoms with E-state index >= 15 is 0 Å². The Morgan fingerprint density at radius 1 is 1.10 bits per heavy atom. The Morgan fingerprint density at radius 3 is 2.50 bits per heavy atom. The van der Waals surface area contributed by atoms with Crippen molar-refractivity contribution in [1.29, 1.82) is 0 Å². The molecule has 2 unspecified atom stereocenters. The molecule has 4 fully saturated rings. The Labute approximate surface area is 121 Å². The van der Waals surface area contributed by atoms with E-state index in [1.807, 2.05) is 0 Å². The van der Waals surface area contributed by atoms with Gasteiger partial charge in [0.1, 0.15) is 11.4 Å². The smallest absolute Gasteiger partial charge is 0.262 e. The van der Waals surface area contributed by atoms with Crippen molar-refractivity contribution in [1.82, 2.24) is 0 Å². The molecule has 2 bridgehead atoms. The van der Waals surface area contributed by atoms with Crippen LogP contribution in [0.4, 0.5) is 0 Å². The molecule has 0 aromatic rings. The summed E-state index contributed by atoms with van der Waals surface area (Å²) in [7, 11) is -3.32. The van der Waals surface area contributed by atoms with Gasteiger partial charge in [-0.05, 0) is 69.1 Å². The number of hydrogen-bond donors (Lipinski definition) is 0. The van der Waals surface area contributed by atoms with Crippen LogP contribution in [0.25, 0.3) is 0 Å². The average molecular weight is 297 g/mol.